The number of pyridine rings is 1. The monoisotopic (exact) mass is 337 g/mol. The van der Waals surface area contributed by atoms with Crippen molar-refractivity contribution < 1.29 is 18.0 Å². The lowest BCUT2D eigenvalue weighted by Crippen LogP contribution is -2.30. The molecule has 5 nitrogen and oxygen atoms in total. The lowest BCUT2D eigenvalue weighted by Gasteiger charge is -2.09. The number of aromatic nitrogens is 1. The van der Waals surface area contributed by atoms with Gasteiger partial charge < -0.3 is 15.6 Å². The van der Waals surface area contributed by atoms with Crippen molar-refractivity contribution >= 4 is 5.91 Å². The van der Waals surface area contributed by atoms with Gasteiger partial charge in [0.25, 0.3) is 11.5 Å². The van der Waals surface area contributed by atoms with Gasteiger partial charge in [-0.3, -0.25) is 9.59 Å². The van der Waals surface area contributed by atoms with E-state index in [2.05, 4.69) is 10.6 Å². The number of halogens is 3. The Labute approximate surface area is 134 Å². The van der Waals surface area contributed by atoms with Crippen molar-refractivity contribution in [1.82, 2.24) is 15.6 Å². The van der Waals surface area contributed by atoms with E-state index in [1.54, 1.807) is 4.98 Å². The Balaban J connectivity index is 1.70. The third-order valence-electron chi connectivity index (χ3n) is 3.81. The molecular weight excluding hydrogens is 323 g/mol. The number of carbonyl (C=O) groups excluding carboxylic acids is 1. The van der Waals surface area contributed by atoms with E-state index in [1.165, 1.54) is 5.56 Å². The smallest absolute Gasteiger partial charge is 0.348 e. The SMILES string of the molecule is O=C(NCc1ccc2c(c1)CNC2)c1ccc(C(F)(F)F)[nH]c1=O. The summed E-state index contributed by atoms with van der Waals surface area (Å²) in [6.07, 6.45) is -4.66. The van der Waals surface area contributed by atoms with Crippen LogP contribution in [0.3, 0.4) is 0 Å². The summed E-state index contributed by atoms with van der Waals surface area (Å²) in [5.74, 6) is -0.719. The Morgan fingerprint density at radius 3 is 2.58 bits per heavy atom. The summed E-state index contributed by atoms with van der Waals surface area (Å²) < 4.78 is 37.5. The Hall–Kier alpha value is -2.61. The number of H-pyrrole nitrogens is 1. The lowest BCUT2D eigenvalue weighted by molar-refractivity contribution is -0.141. The molecule has 24 heavy (non-hydrogen) atoms. The third-order valence-corrected chi connectivity index (χ3v) is 3.81. The summed E-state index contributed by atoms with van der Waals surface area (Å²) >= 11 is 0. The molecule has 1 aromatic heterocycles. The first-order chi connectivity index (χ1) is 11.3. The Kier molecular flexibility index (Phi) is 4.15. The molecule has 0 fully saturated rings. The molecule has 2 heterocycles. The average Bonchev–Trinajstić information content (AvgIpc) is 2.99. The first-order valence-electron chi connectivity index (χ1n) is 7.25. The summed E-state index contributed by atoms with van der Waals surface area (Å²) in [6.45, 7) is 1.76. The fourth-order valence-electron chi connectivity index (χ4n) is 2.55. The summed E-state index contributed by atoms with van der Waals surface area (Å²) in [7, 11) is 0. The van der Waals surface area contributed by atoms with Gasteiger partial charge in [0, 0.05) is 19.6 Å². The molecule has 0 saturated heterocycles. The maximum Gasteiger partial charge on any atom is 0.431 e. The summed E-state index contributed by atoms with van der Waals surface area (Å²) in [6, 6.07) is 7.33. The third kappa shape index (κ3) is 3.33. The van der Waals surface area contributed by atoms with Gasteiger partial charge in [-0.05, 0) is 28.8 Å². The zero-order chi connectivity index (χ0) is 17.3. The number of benzene rings is 1. The normalized spacial score (nSPS) is 13.6. The van der Waals surface area contributed by atoms with E-state index < -0.39 is 23.3 Å². The van der Waals surface area contributed by atoms with Crippen molar-refractivity contribution in [3.05, 3.63) is 68.6 Å². The van der Waals surface area contributed by atoms with Crippen molar-refractivity contribution in [2.75, 3.05) is 0 Å². The summed E-state index contributed by atoms with van der Waals surface area (Å²) in [5.41, 5.74) is 0.592. The molecule has 1 aromatic carbocycles. The van der Waals surface area contributed by atoms with Crippen LogP contribution in [0.1, 0.15) is 32.7 Å². The molecule has 8 heteroatoms. The summed E-state index contributed by atoms with van der Waals surface area (Å²) in [5, 5.41) is 5.75. The van der Waals surface area contributed by atoms with E-state index in [0.717, 1.165) is 30.3 Å². The minimum atomic E-state index is -4.66. The molecule has 0 spiro atoms. The fourth-order valence-corrected chi connectivity index (χ4v) is 2.55. The van der Waals surface area contributed by atoms with Crippen LogP contribution in [-0.2, 0) is 25.8 Å². The fraction of sp³-hybridized carbons (Fsp3) is 0.250. The predicted molar refractivity (Wildman–Crippen MR) is 80.2 cm³/mol. The minimum absolute atomic E-state index is 0.187. The topological polar surface area (TPSA) is 74.0 Å². The van der Waals surface area contributed by atoms with E-state index >= 15 is 0 Å². The number of fused-ring (bicyclic) bond motifs is 1. The molecule has 1 amide bonds. The Morgan fingerprint density at radius 1 is 1.12 bits per heavy atom. The summed E-state index contributed by atoms with van der Waals surface area (Å²) in [4.78, 5) is 25.4. The van der Waals surface area contributed by atoms with Gasteiger partial charge in [-0.15, -0.1) is 0 Å². The van der Waals surface area contributed by atoms with Crippen LogP contribution in [0, 0.1) is 0 Å². The zero-order valence-electron chi connectivity index (χ0n) is 12.5. The van der Waals surface area contributed by atoms with E-state index in [-0.39, 0.29) is 12.1 Å². The van der Waals surface area contributed by atoms with Crippen LogP contribution < -0.4 is 16.2 Å². The maximum absolute atomic E-state index is 12.5. The molecule has 0 atom stereocenters. The van der Waals surface area contributed by atoms with Crippen LogP contribution in [0.2, 0.25) is 0 Å². The van der Waals surface area contributed by atoms with Gasteiger partial charge in [0.1, 0.15) is 11.3 Å². The maximum atomic E-state index is 12.5. The molecule has 0 radical (unpaired) electrons. The number of amides is 1. The second kappa shape index (κ2) is 6.12. The van der Waals surface area contributed by atoms with Crippen molar-refractivity contribution in [3.63, 3.8) is 0 Å². The van der Waals surface area contributed by atoms with Crippen molar-refractivity contribution in [1.29, 1.82) is 0 Å². The van der Waals surface area contributed by atoms with E-state index in [9.17, 15) is 22.8 Å². The van der Waals surface area contributed by atoms with Gasteiger partial charge in [-0.2, -0.15) is 13.2 Å². The minimum Gasteiger partial charge on any atom is -0.348 e. The van der Waals surface area contributed by atoms with Crippen LogP contribution in [-0.4, -0.2) is 10.9 Å². The van der Waals surface area contributed by atoms with Crippen molar-refractivity contribution in [3.8, 4) is 0 Å². The lowest BCUT2D eigenvalue weighted by atomic mass is 10.1. The van der Waals surface area contributed by atoms with Gasteiger partial charge in [-0.25, -0.2) is 0 Å². The quantitative estimate of drug-likeness (QED) is 0.801. The molecule has 1 aliphatic heterocycles. The van der Waals surface area contributed by atoms with Crippen LogP contribution >= 0.6 is 0 Å². The highest BCUT2D eigenvalue weighted by molar-refractivity contribution is 5.93. The van der Waals surface area contributed by atoms with E-state index in [0.29, 0.717) is 6.07 Å². The molecule has 0 aliphatic carbocycles. The predicted octanol–water partition coefficient (Wildman–Crippen LogP) is 1.93. The highest BCUT2D eigenvalue weighted by Gasteiger charge is 2.32. The number of alkyl halides is 3. The van der Waals surface area contributed by atoms with Gasteiger partial charge in [-0.1, -0.05) is 18.2 Å². The molecule has 0 saturated carbocycles. The first-order valence-corrected chi connectivity index (χ1v) is 7.25. The van der Waals surface area contributed by atoms with Gasteiger partial charge in [0.05, 0.1) is 0 Å². The van der Waals surface area contributed by atoms with Gasteiger partial charge in [0.15, 0.2) is 0 Å². The Bertz CT molecular complexity index is 843. The van der Waals surface area contributed by atoms with Crippen LogP contribution in [0.25, 0.3) is 0 Å². The number of hydrogen-bond donors (Lipinski definition) is 3. The molecule has 0 bridgehead atoms. The zero-order valence-corrected chi connectivity index (χ0v) is 12.5. The molecule has 1 aliphatic rings. The van der Waals surface area contributed by atoms with Crippen molar-refractivity contribution in [2.24, 2.45) is 0 Å². The standard InChI is InChI=1S/C16H14F3N3O2/c17-16(18,19)13-4-3-12(15(24)22-13)14(23)21-6-9-1-2-10-7-20-8-11(10)5-9/h1-5,20H,6-8H2,(H,21,23)(H,22,24). The molecule has 0 unspecified atom stereocenters. The van der Waals surface area contributed by atoms with Crippen LogP contribution in [0.4, 0.5) is 13.2 Å². The molecule has 3 rings (SSSR count). The van der Waals surface area contributed by atoms with Crippen molar-refractivity contribution in [2.45, 2.75) is 25.8 Å². The molecule has 2 aromatic rings. The highest BCUT2D eigenvalue weighted by Crippen LogP contribution is 2.26. The number of rotatable bonds is 3. The first kappa shape index (κ1) is 16.3. The van der Waals surface area contributed by atoms with Gasteiger partial charge >= 0.3 is 6.18 Å². The van der Waals surface area contributed by atoms with Crippen LogP contribution in [0.5, 0.6) is 0 Å². The average molecular weight is 337 g/mol. The molecular formula is C16H14F3N3O2. The second-order valence-electron chi connectivity index (χ2n) is 5.50. The number of nitrogens with one attached hydrogen (secondary N) is 3. The van der Waals surface area contributed by atoms with Crippen LogP contribution in [0.15, 0.2) is 35.1 Å². The number of hydrogen-bond acceptors (Lipinski definition) is 3. The largest absolute Gasteiger partial charge is 0.431 e. The molecule has 126 valence electrons. The Morgan fingerprint density at radius 2 is 1.88 bits per heavy atom. The second-order valence-corrected chi connectivity index (χ2v) is 5.50. The van der Waals surface area contributed by atoms with E-state index in [4.69, 9.17) is 0 Å². The molecule has 3 N–H and O–H groups in total. The number of aromatic amines is 1. The van der Waals surface area contributed by atoms with E-state index in [1.807, 2.05) is 18.2 Å². The van der Waals surface area contributed by atoms with Gasteiger partial charge in [0.2, 0.25) is 0 Å². The highest BCUT2D eigenvalue weighted by atomic mass is 19.4. The number of carbonyl (C=O) groups is 1.